The number of H-pyrrole nitrogens is 2. The molecule has 0 amide bonds. The standard InChI is InChI=1S/C17H16N4/c1-10-14(12-5-3-7-18-16(12)20-10)9-15-11(2)21-17-13(15)6-4-8-19-17/h3-8H,9H2,1-2H3,(H,18,20)(H,19,21). The van der Waals surface area contributed by atoms with Crippen molar-refractivity contribution in [2.75, 3.05) is 0 Å². The van der Waals surface area contributed by atoms with E-state index in [9.17, 15) is 0 Å². The molecule has 104 valence electrons. The zero-order chi connectivity index (χ0) is 14.4. The number of aromatic nitrogens is 4. The zero-order valence-electron chi connectivity index (χ0n) is 12.1. The van der Waals surface area contributed by atoms with E-state index in [4.69, 9.17) is 0 Å². The Morgan fingerprint density at radius 1 is 0.810 bits per heavy atom. The van der Waals surface area contributed by atoms with Crippen LogP contribution in [-0.4, -0.2) is 19.9 Å². The molecule has 2 N–H and O–H groups in total. The molecule has 0 bridgehead atoms. The van der Waals surface area contributed by atoms with Crippen molar-refractivity contribution >= 4 is 22.1 Å². The Kier molecular flexibility index (Phi) is 2.57. The Hall–Kier alpha value is -2.62. The third kappa shape index (κ3) is 1.83. The first kappa shape index (κ1) is 12.1. The van der Waals surface area contributed by atoms with Crippen LogP contribution in [0.4, 0.5) is 0 Å². The van der Waals surface area contributed by atoms with Gasteiger partial charge in [0.2, 0.25) is 0 Å². The van der Waals surface area contributed by atoms with Crippen LogP contribution in [0, 0.1) is 13.8 Å². The Bertz CT molecular complexity index is 868. The summed E-state index contributed by atoms with van der Waals surface area (Å²) in [7, 11) is 0. The third-order valence-corrected chi connectivity index (χ3v) is 4.14. The average Bonchev–Trinajstić information content (AvgIpc) is 2.97. The average molecular weight is 276 g/mol. The maximum absolute atomic E-state index is 4.40. The van der Waals surface area contributed by atoms with Crippen molar-refractivity contribution in [1.29, 1.82) is 0 Å². The highest BCUT2D eigenvalue weighted by atomic mass is 14.9. The number of pyridine rings is 2. The van der Waals surface area contributed by atoms with Gasteiger partial charge in [-0.25, -0.2) is 9.97 Å². The molecule has 4 nitrogen and oxygen atoms in total. The number of nitrogens with one attached hydrogen (secondary N) is 2. The molecular weight excluding hydrogens is 260 g/mol. The molecule has 4 heterocycles. The Morgan fingerprint density at radius 2 is 1.29 bits per heavy atom. The van der Waals surface area contributed by atoms with Gasteiger partial charge in [-0.1, -0.05) is 0 Å². The van der Waals surface area contributed by atoms with E-state index in [0.29, 0.717) is 0 Å². The van der Waals surface area contributed by atoms with Gasteiger partial charge in [0, 0.05) is 41.0 Å². The normalized spacial score (nSPS) is 11.5. The number of hydrogen-bond acceptors (Lipinski definition) is 2. The molecule has 4 rings (SSSR count). The van der Waals surface area contributed by atoms with Crippen LogP contribution in [-0.2, 0) is 6.42 Å². The second-order valence-electron chi connectivity index (χ2n) is 5.43. The summed E-state index contributed by atoms with van der Waals surface area (Å²) >= 11 is 0. The number of nitrogens with zero attached hydrogens (tertiary/aromatic N) is 2. The highest BCUT2D eigenvalue weighted by Crippen LogP contribution is 2.28. The molecule has 4 aromatic heterocycles. The Balaban J connectivity index is 1.91. The van der Waals surface area contributed by atoms with E-state index in [1.165, 1.54) is 33.3 Å². The lowest BCUT2D eigenvalue weighted by Crippen LogP contribution is -1.91. The van der Waals surface area contributed by atoms with Gasteiger partial charge in [0.15, 0.2) is 0 Å². The summed E-state index contributed by atoms with van der Waals surface area (Å²) in [6.07, 6.45) is 4.53. The van der Waals surface area contributed by atoms with Crippen molar-refractivity contribution in [1.82, 2.24) is 19.9 Å². The quantitative estimate of drug-likeness (QED) is 0.587. The number of hydrogen-bond donors (Lipinski definition) is 2. The SMILES string of the molecule is Cc1[nH]c2ncccc2c1Cc1c(C)[nH]c2ncccc12. The highest BCUT2D eigenvalue weighted by molar-refractivity contribution is 5.85. The van der Waals surface area contributed by atoms with Gasteiger partial charge in [0.25, 0.3) is 0 Å². The topological polar surface area (TPSA) is 57.4 Å². The van der Waals surface area contributed by atoms with Crippen LogP contribution in [0.1, 0.15) is 22.5 Å². The molecule has 0 aliphatic rings. The molecule has 0 saturated heterocycles. The summed E-state index contributed by atoms with van der Waals surface area (Å²) in [5.41, 5.74) is 6.90. The molecule has 0 aliphatic carbocycles. The minimum atomic E-state index is 0.884. The lowest BCUT2D eigenvalue weighted by Gasteiger charge is -2.02. The molecule has 21 heavy (non-hydrogen) atoms. The van der Waals surface area contributed by atoms with Crippen LogP contribution in [0.25, 0.3) is 22.1 Å². The first-order valence-corrected chi connectivity index (χ1v) is 7.08. The van der Waals surface area contributed by atoms with Crippen LogP contribution >= 0.6 is 0 Å². The van der Waals surface area contributed by atoms with Gasteiger partial charge in [0.05, 0.1) is 0 Å². The molecule has 4 heteroatoms. The predicted octanol–water partition coefficient (Wildman–Crippen LogP) is 3.65. The zero-order valence-corrected chi connectivity index (χ0v) is 12.1. The third-order valence-electron chi connectivity index (χ3n) is 4.14. The number of aryl methyl sites for hydroxylation is 2. The Labute approximate surface area is 122 Å². The highest BCUT2D eigenvalue weighted by Gasteiger charge is 2.14. The van der Waals surface area contributed by atoms with Gasteiger partial charge < -0.3 is 9.97 Å². The molecule has 0 radical (unpaired) electrons. The molecule has 0 aliphatic heterocycles. The van der Waals surface area contributed by atoms with Crippen LogP contribution in [0.2, 0.25) is 0 Å². The van der Waals surface area contributed by atoms with E-state index in [2.05, 4.69) is 45.9 Å². The fraction of sp³-hybridized carbons (Fsp3) is 0.176. The van der Waals surface area contributed by atoms with E-state index >= 15 is 0 Å². The van der Waals surface area contributed by atoms with Crippen molar-refractivity contribution in [3.05, 3.63) is 59.2 Å². The van der Waals surface area contributed by atoms with Crippen molar-refractivity contribution in [3.63, 3.8) is 0 Å². The van der Waals surface area contributed by atoms with Gasteiger partial charge in [-0.2, -0.15) is 0 Å². The van der Waals surface area contributed by atoms with Gasteiger partial charge >= 0.3 is 0 Å². The predicted molar refractivity (Wildman–Crippen MR) is 84.5 cm³/mol. The van der Waals surface area contributed by atoms with Crippen molar-refractivity contribution in [3.8, 4) is 0 Å². The maximum atomic E-state index is 4.40. The van der Waals surface area contributed by atoms with E-state index in [1.807, 2.05) is 24.5 Å². The summed E-state index contributed by atoms with van der Waals surface area (Å²) in [5, 5.41) is 2.40. The summed E-state index contributed by atoms with van der Waals surface area (Å²) in [6, 6.07) is 8.23. The smallest absolute Gasteiger partial charge is 0.137 e. The second kappa shape index (κ2) is 4.45. The number of aromatic amines is 2. The summed E-state index contributed by atoms with van der Waals surface area (Å²) in [6.45, 7) is 4.22. The monoisotopic (exact) mass is 276 g/mol. The molecule has 0 aromatic carbocycles. The van der Waals surface area contributed by atoms with E-state index in [0.717, 1.165) is 17.7 Å². The molecule has 0 atom stereocenters. The Morgan fingerprint density at radius 3 is 1.76 bits per heavy atom. The van der Waals surface area contributed by atoms with Crippen LogP contribution < -0.4 is 0 Å². The van der Waals surface area contributed by atoms with Gasteiger partial charge in [-0.15, -0.1) is 0 Å². The molecule has 0 unspecified atom stereocenters. The van der Waals surface area contributed by atoms with Gasteiger partial charge in [-0.05, 0) is 49.2 Å². The minimum Gasteiger partial charge on any atom is -0.343 e. The van der Waals surface area contributed by atoms with Crippen LogP contribution in [0.5, 0.6) is 0 Å². The molecule has 0 saturated carbocycles. The number of rotatable bonds is 2. The summed E-state index contributed by atoms with van der Waals surface area (Å²) in [4.78, 5) is 15.5. The first-order valence-electron chi connectivity index (χ1n) is 7.08. The fourth-order valence-corrected chi connectivity index (χ4v) is 3.04. The second-order valence-corrected chi connectivity index (χ2v) is 5.43. The van der Waals surface area contributed by atoms with Crippen molar-refractivity contribution in [2.24, 2.45) is 0 Å². The molecule has 4 aromatic rings. The van der Waals surface area contributed by atoms with Gasteiger partial charge in [0.1, 0.15) is 11.3 Å². The largest absolute Gasteiger partial charge is 0.343 e. The molecule has 0 fully saturated rings. The number of fused-ring (bicyclic) bond motifs is 2. The lowest BCUT2D eigenvalue weighted by molar-refractivity contribution is 1.12. The molecule has 0 spiro atoms. The summed E-state index contributed by atoms with van der Waals surface area (Å²) < 4.78 is 0. The fourth-order valence-electron chi connectivity index (χ4n) is 3.04. The van der Waals surface area contributed by atoms with E-state index in [1.54, 1.807) is 0 Å². The minimum absolute atomic E-state index is 0.884. The van der Waals surface area contributed by atoms with Gasteiger partial charge in [-0.3, -0.25) is 0 Å². The molecular formula is C17H16N4. The van der Waals surface area contributed by atoms with Crippen molar-refractivity contribution in [2.45, 2.75) is 20.3 Å². The van der Waals surface area contributed by atoms with E-state index in [-0.39, 0.29) is 0 Å². The lowest BCUT2D eigenvalue weighted by atomic mass is 10.0. The van der Waals surface area contributed by atoms with E-state index < -0.39 is 0 Å². The maximum Gasteiger partial charge on any atom is 0.137 e. The summed E-state index contributed by atoms with van der Waals surface area (Å²) in [5.74, 6) is 0. The van der Waals surface area contributed by atoms with Crippen LogP contribution in [0.15, 0.2) is 36.7 Å². The van der Waals surface area contributed by atoms with Crippen LogP contribution in [0.3, 0.4) is 0 Å². The first-order chi connectivity index (χ1) is 10.2. The van der Waals surface area contributed by atoms with Crippen molar-refractivity contribution < 1.29 is 0 Å².